The molecule has 0 radical (unpaired) electrons. The van der Waals surface area contributed by atoms with Gasteiger partial charge >= 0.3 is 0 Å². The Bertz CT molecular complexity index is 951. The predicted molar refractivity (Wildman–Crippen MR) is 96.9 cm³/mol. The van der Waals surface area contributed by atoms with E-state index in [-0.39, 0.29) is 34.5 Å². The highest BCUT2D eigenvalue weighted by molar-refractivity contribution is 5.68. The lowest BCUT2D eigenvalue weighted by Gasteiger charge is -2.28. The molecule has 0 bridgehead atoms. The number of benzene rings is 3. The highest BCUT2D eigenvalue weighted by Gasteiger charge is 2.32. The molecule has 0 saturated heterocycles. The number of fused-ring (bicyclic) bond motifs is 2. The minimum absolute atomic E-state index is 0.138. The fraction of sp³-hybridized carbons (Fsp3) is 0.0476. The Kier molecular flexibility index (Phi) is 3.69. The first kappa shape index (κ1) is 15.9. The van der Waals surface area contributed by atoms with Gasteiger partial charge in [0.25, 0.3) is 0 Å². The van der Waals surface area contributed by atoms with Gasteiger partial charge in [-0.15, -0.1) is 0 Å². The van der Waals surface area contributed by atoms with E-state index in [1.807, 2.05) is 42.5 Å². The molecule has 4 rings (SSSR count). The van der Waals surface area contributed by atoms with Gasteiger partial charge < -0.3 is 25.2 Å². The molecule has 5 heteroatoms. The fourth-order valence-electron chi connectivity index (χ4n) is 3.22. The summed E-state index contributed by atoms with van der Waals surface area (Å²) in [6.45, 7) is 0. The van der Waals surface area contributed by atoms with Crippen molar-refractivity contribution in [2.45, 2.75) is 5.92 Å². The van der Waals surface area contributed by atoms with E-state index >= 15 is 0 Å². The van der Waals surface area contributed by atoms with Gasteiger partial charge in [-0.3, -0.25) is 0 Å². The number of allylic oxidation sites excluding steroid dienone is 1. The van der Waals surface area contributed by atoms with Gasteiger partial charge in [-0.25, -0.2) is 0 Å². The van der Waals surface area contributed by atoms with E-state index in [2.05, 4.69) is 0 Å². The Morgan fingerprint density at radius 2 is 1.27 bits per heavy atom. The molecule has 3 aromatic rings. The van der Waals surface area contributed by atoms with Crippen molar-refractivity contribution in [3.63, 3.8) is 0 Å². The Balaban J connectivity index is 1.91. The van der Waals surface area contributed by atoms with Gasteiger partial charge in [0, 0.05) is 41.3 Å². The number of aromatic hydroxyl groups is 4. The van der Waals surface area contributed by atoms with Gasteiger partial charge in [0.15, 0.2) is 0 Å². The van der Waals surface area contributed by atoms with Crippen LogP contribution in [0.25, 0.3) is 6.08 Å². The predicted octanol–water partition coefficient (Wildman–Crippen LogP) is 4.46. The normalized spacial score (nSPS) is 13.2. The van der Waals surface area contributed by atoms with E-state index in [0.717, 1.165) is 5.56 Å². The van der Waals surface area contributed by atoms with Crippen molar-refractivity contribution in [2.75, 3.05) is 0 Å². The van der Waals surface area contributed by atoms with Crippen LogP contribution in [0.3, 0.4) is 0 Å². The molecular formula is C21H16O5. The van der Waals surface area contributed by atoms with Crippen LogP contribution in [0.1, 0.15) is 22.6 Å². The van der Waals surface area contributed by atoms with Crippen molar-refractivity contribution in [3.05, 3.63) is 77.4 Å². The van der Waals surface area contributed by atoms with Crippen molar-refractivity contribution in [1.82, 2.24) is 0 Å². The minimum atomic E-state index is -0.518. The molecule has 26 heavy (non-hydrogen) atoms. The van der Waals surface area contributed by atoms with Crippen LogP contribution in [0, 0.1) is 0 Å². The number of rotatable bonds is 2. The molecule has 1 heterocycles. The zero-order chi connectivity index (χ0) is 18.3. The SMILES string of the molecule is Oc1cc(O)c2c(c1)Oc1cc(O)cc(O)c1C2/C=C/c1ccccc1. The smallest absolute Gasteiger partial charge is 0.138 e. The second-order valence-electron chi connectivity index (χ2n) is 6.10. The van der Waals surface area contributed by atoms with Crippen LogP contribution >= 0.6 is 0 Å². The van der Waals surface area contributed by atoms with Crippen LogP contribution in [0.5, 0.6) is 34.5 Å². The molecule has 0 spiro atoms. The topological polar surface area (TPSA) is 90.2 Å². The molecule has 5 nitrogen and oxygen atoms in total. The molecule has 1 aliphatic rings. The van der Waals surface area contributed by atoms with Crippen LogP contribution in [0.4, 0.5) is 0 Å². The first-order valence-electron chi connectivity index (χ1n) is 8.06. The van der Waals surface area contributed by atoms with Crippen LogP contribution in [0.2, 0.25) is 0 Å². The zero-order valence-corrected chi connectivity index (χ0v) is 13.6. The van der Waals surface area contributed by atoms with Crippen LogP contribution in [-0.4, -0.2) is 20.4 Å². The average Bonchev–Trinajstić information content (AvgIpc) is 2.59. The molecule has 0 aromatic heterocycles. The summed E-state index contributed by atoms with van der Waals surface area (Å²) in [7, 11) is 0. The van der Waals surface area contributed by atoms with Gasteiger partial charge in [-0.2, -0.15) is 0 Å². The molecule has 0 atom stereocenters. The summed E-state index contributed by atoms with van der Waals surface area (Å²) in [4.78, 5) is 0. The standard InChI is InChI=1S/C21H16O5/c22-13-8-16(24)20-15(7-6-12-4-2-1-3-5-12)21-17(25)9-14(23)11-19(21)26-18(20)10-13/h1-11,15,22-25H/b7-6+. The van der Waals surface area contributed by atoms with Crippen molar-refractivity contribution in [3.8, 4) is 34.5 Å². The summed E-state index contributed by atoms with van der Waals surface area (Å²) < 4.78 is 5.71. The third-order valence-electron chi connectivity index (χ3n) is 4.33. The number of hydrogen-bond donors (Lipinski definition) is 4. The quantitative estimate of drug-likeness (QED) is 0.549. The lowest BCUT2D eigenvalue weighted by Crippen LogP contribution is -2.09. The zero-order valence-electron chi connectivity index (χ0n) is 13.6. The number of phenols is 4. The van der Waals surface area contributed by atoms with Gasteiger partial charge in [0.05, 0.1) is 0 Å². The highest BCUT2D eigenvalue weighted by atomic mass is 16.5. The first-order chi connectivity index (χ1) is 12.5. The Hall–Kier alpha value is -3.60. The summed E-state index contributed by atoms with van der Waals surface area (Å²) >= 11 is 0. The molecule has 0 saturated carbocycles. The van der Waals surface area contributed by atoms with E-state index in [4.69, 9.17) is 4.74 Å². The maximum atomic E-state index is 10.4. The van der Waals surface area contributed by atoms with Gasteiger partial charge in [-0.05, 0) is 5.56 Å². The minimum Gasteiger partial charge on any atom is -0.508 e. The lowest BCUT2D eigenvalue weighted by atomic mass is 9.85. The summed E-state index contributed by atoms with van der Waals surface area (Å²) in [6.07, 6.45) is 3.71. The van der Waals surface area contributed by atoms with Crippen LogP contribution in [0.15, 0.2) is 60.7 Å². The fourth-order valence-corrected chi connectivity index (χ4v) is 3.22. The maximum Gasteiger partial charge on any atom is 0.138 e. The van der Waals surface area contributed by atoms with Crippen molar-refractivity contribution < 1.29 is 25.2 Å². The maximum absolute atomic E-state index is 10.4. The number of phenolic OH excluding ortho intramolecular Hbond substituents is 4. The molecule has 1 aliphatic heterocycles. The van der Waals surface area contributed by atoms with E-state index in [1.165, 1.54) is 24.3 Å². The van der Waals surface area contributed by atoms with Crippen LogP contribution < -0.4 is 4.74 Å². The molecule has 130 valence electrons. The van der Waals surface area contributed by atoms with E-state index in [1.54, 1.807) is 0 Å². The first-order valence-corrected chi connectivity index (χ1v) is 8.06. The lowest BCUT2D eigenvalue weighted by molar-refractivity contribution is 0.394. The van der Waals surface area contributed by atoms with Crippen molar-refractivity contribution in [2.24, 2.45) is 0 Å². The monoisotopic (exact) mass is 348 g/mol. The summed E-state index contributed by atoms with van der Waals surface area (Å²) in [5.41, 5.74) is 1.82. The summed E-state index contributed by atoms with van der Waals surface area (Å²) in [6, 6.07) is 14.9. The Morgan fingerprint density at radius 1 is 0.731 bits per heavy atom. The number of hydrogen-bond acceptors (Lipinski definition) is 5. The average molecular weight is 348 g/mol. The molecule has 0 amide bonds. The highest BCUT2D eigenvalue weighted by Crippen LogP contribution is 2.53. The molecule has 3 aromatic carbocycles. The molecule has 0 unspecified atom stereocenters. The van der Waals surface area contributed by atoms with E-state index in [0.29, 0.717) is 11.1 Å². The largest absolute Gasteiger partial charge is 0.508 e. The second-order valence-corrected chi connectivity index (χ2v) is 6.10. The molecule has 0 fully saturated rings. The van der Waals surface area contributed by atoms with Crippen LogP contribution in [-0.2, 0) is 0 Å². The third-order valence-corrected chi connectivity index (χ3v) is 4.33. The number of ether oxygens (including phenoxy) is 1. The van der Waals surface area contributed by atoms with Gasteiger partial charge in [-0.1, -0.05) is 42.5 Å². The summed E-state index contributed by atoms with van der Waals surface area (Å²) in [5, 5.41) is 40.3. The van der Waals surface area contributed by atoms with E-state index < -0.39 is 5.92 Å². The van der Waals surface area contributed by atoms with Crippen molar-refractivity contribution in [1.29, 1.82) is 0 Å². The van der Waals surface area contributed by atoms with Gasteiger partial charge in [0.1, 0.15) is 34.5 Å². The molecule has 0 aliphatic carbocycles. The van der Waals surface area contributed by atoms with Gasteiger partial charge in [0.2, 0.25) is 0 Å². The molecule has 4 N–H and O–H groups in total. The Morgan fingerprint density at radius 3 is 1.81 bits per heavy atom. The van der Waals surface area contributed by atoms with Crippen molar-refractivity contribution >= 4 is 6.08 Å². The van der Waals surface area contributed by atoms with E-state index in [9.17, 15) is 20.4 Å². The second kappa shape index (κ2) is 6.04. The molecular weight excluding hydrogens is 332 g/mol. The third kappa shape index (κ3) is 2.69. The summed E-state index contributed by atoms with van der Waals surface area (Å²) in [5.74, 6) is -0.540. The Labute approximate surface area is 149 Å².